The third-order valence-corrected chi connectivity index (χ3v) is 6.92. The van der Waals surface area contributed by atoms with E-state index in [2.05, 4.69) is 24.1 Å². The zero-order chi connectivity index (χ0) is 19.0. The summed E-state index contributed by atoms with van der Waals surface area (Å²) in [4.78, 5) is 28.6. The number of thiophene rings is 1. The predicted molar refractivity (Wildman–Crippen MR) is 110 cm³/mol. The molecule has 2 aromatic heterocycles. The highest BCUT2D eigenvalue weighted by Gasteiger charge is 2.27. The maximum atomic E-state index is 12.0. The lowest BCUT2D eigenvalue weighted by Gasteiger charge is -2.18. The second-order valence-corrected chi connectivity index (χ2v) is 8.96. The Morgan fingerprint density at radius 2 is 2.00 bits per heavy atom. The fraction of sp³-hybridized carbons (Fsp3) is 0.650. The monoisotopic (exact) mass is 387 g/mol. The molecule has 1 unspecified atom stereocenters. The van der Waals surface area contributed by atoms with E-state index in [1.807, 2.05) is 11.8 Å². The van der Waals surface area contributed by atoms with E-state index in [4.69, 9.17) is 9.97 Å². The number of aromatic nitrogens is 2. The largest absolute Gasteiger partial charge is 0.365 e. The van der Waals surface area contributed by atoms with Gasteiger partial charge in [-0.1, -0.05) is 6.92 Å². The predicted octanol–water partition coefficient (Wildman–Crippen LogP) is 3.33. The minimum Gasteiger partial charge on any atom is -0.365 e. The fourth-order valence-corrected chi connectivity index (χ4v) is 5.18. The van der Waals surface area contributed by atoms with Crippen LogP contribution in [-0.4, -0.2) is 57.9 Å². The van der Waals surface area contributed by atoms with Crippen LogP contribution in [0.5, 0.6) is 0 Å². The topological polar surface area (TPSA) is 61.4 Å². The number of anilines is 1. The molecule has 6 nitrogen and oxygen atoms in total. The molecule has 0 radical (unpaired) electrons. The Kier molecular flexibility index (Phi) is 5.32. The van der Waals surface area contributed by atoms with Crippen molar-refractivity contribution in [3.05, 3.63) is 16.3 Å². The molecule has 2 aliphatic rings. The molecule has 0 spiro atoms. The molecule has 0 aliphatic carbocycles. The normalized spacial score (nSPS) is 20.7. The highest BCUT2D eigenvalue weighted by Crippen LogP contribution is 2.34. The van der Waals surface area contributed by atoms with Crippen molar-refractivity contribution in [1.82, 2.24) is 19.8 Å². The van der Waals surface area contributed by atoms with Crippen molar-refractivity contribution in [1.29, 1.82) is 0 Å². The summed E-state index contributed by atoms with van der Waals surface area (Å²) in [7, 11) is 0. The molecule has 1 atom stereocenters. The Labute approximate surface area is 165 Å². The number of hydrogen-bond acceptors (Lipinski definition) is 6. The molecule has 4 heterocycles. The number of aryl methyl sites for hydroxylation is 2. The number of carbonyl (C=O) groups excluding carboxylic acids is 1. The van der Waals surface area contributed by atoms with Gasteiger partial charge in [-0.3, -0.25) is 9.69 Å². The maximum Gasteiger partial charge on any atom is 0.222 e. The lowest BCUT2D eigenvalue weighted by atomic mass is 10.2. The van der Waals surface area contributed by atoms with Crippen LogP contribution >= 0.6 is 11.3 Å². The highest BCUT2D eigenvalue weighted by molar-refractivity contribution is 7.18. The van der Waals surface area contributed by atoms with Crippen molar-refractivity contribution in [3.8, 4) is 0 Å². The molecular weight excluding hydrogens is 358 g/mol. The molecule has 146 valence electrons. The number of carbonyl (C=O) groups is 1. The fourth-order valence-electron chi connectivity index (χ4n) is 4.13. The van der Waals surface area contributed by atoms with Crippen LogP contribution in [0.25, 0.3) is 10.2 Å². The Balaban J connectivity index is 1.60. The van der Waals surface area contributed by atoms with Gasteiger partial charge in [-0.15, -0.1) is 11.3 Å². The van der Waals surface area contributed by atoms with Crippen molar-refractivity contribution in [2.24, 2.45) is 0 Å². The Morgan fingerprint density at radius 1 is 1.22 bits per heavy atom. The first kappa shape index (κ1) is 18.6. The van der Waals surface area contributed by atoms with Gasteiger partial charge in [0, 0.05) is 30.4 Å². The number of nitrogens with one attached hydrogen (secondary N) is 1. The van der Waals surface area contributed by atoms with Crippen molar-refractivity contribution < 1.29 is 4.79 Å². The molecule has 0 bridgehead atoms. The lowest BCUT2D eigenvalue weighted by molar-refractivity contribution is -0.129. The van der Waals surface area contributed by atoms with Crippen molar-refractivity contribution in [2.75, 3.05) is 31.5 Å². The van der Waals surface area contributed by atoms with E-state index in [1.54, 1.807) is 11.3 Å². The number of fused-ring (bicyclic) bond motifs is 1. The van der Waals surface area contributed by atoms with Gasteiger partial charge >= 0.3 is 0 Å². The molecule has 2 fully saturated rings. The highest BCUT2D eigenvalue weighted by atomic mass is 32.1. The number of amides is 1. The van der Waals surface area contributed by atoms with E-state index in [-0.39, 0.29) is 11.9 Å². The van der Waals surface area contributed by atoms with Crippen LogP contribution in [0.2, 0.25) is 0 Å². The first-order valence-corrected chi connectivity index (χ1v) is 10.9. The summed E-state index contributed by atoms with van der Waals surface area (Å²) >= 11 is 1.76. The second kappa shape index (κ2) is 7.72. The summed E-state index contributed by atoms with van der Waals surface area (Å²) in [5, 5.41) is 4.81. The number of likely N-dealkylation sites (tertiary alicyclic amines) is 2. The summed E-state index contributed by atoms with van der Waals surface area (Å²) in [5.41, 5.74) is 1.27. The standard InChI is InChI=1S/C20H29N5OS/c1-4-17(26)25-10-7-15(11-25)21-19-18-13(2)14(3)27-20(18)23-16(22-19)12-24-8-5-6-9-24/h15H,4-12H2,1-3H3,(H,21,22,23). The van der Waals surface area contributed by atoms with E-state index >= 15 is 0 Å². The average Bonchev–Trinajstić information content (AvgIpc) is 3.37. The van der Waals surface area contributed by atoms with Gasteiger partial charge in [0.15, 0.2) is 0 Å². The molecule has 0 saturated carbocycles. The second-order valence-electron chi connectivity index (χ2n) is 7.76. The molecular formula is C20H29N5OS. The van der Waals surface area contributed by atoms with Gasteiger partial charge in [0.1, 0.15) is 16.5 Å². The zero-order valence-corrected chi connectivity index (χ0v) is 17.4. The van der Waals surface area contributed by atoms with Crippen LogP contribution in [0.1, 0.15) is 48.9 Å². The minimum absolute atomic E-state index is 0.240. The first-order valence-electron chi connectivity index (χ1n) is 10.1. The van der Waals surface area contributed by atoms with Crippen LogP contribution in [0.15, 0.2) is 0 Å². The zero-order valence-electron chi connectivity index (χ0n) is 16.5. The molecule has 4 rings (SSSR count). The van der Waals surface area contributed by atoms with Crippen LogP contribution in [0, 0.1) is 13.8 Å². The van der Waals surface area contributed by atoms with Crippen molar-refractivity contribution in [3.63, 3.8) is 0 Å². The SMILES string of the molecule is CCC(=O)N1CCC(Nc2nc(CN3CCCC3)nc3sc(C)c(C)c23)C1. The summed E-state index contributed by atoms with van der Waals surface area (Å²) in [6.45, 7) is 11.0. The summed E-state index contributed by atoms with van der Waals surface area (Å²) < 4.78 is 0. The number of hydrogen-bond donors (Lipinski definition) is 1. The van der Waals surface area contributed by atoms with Crippen LogP contribution in [0.3, 0.4) is 0 Å². The Bertz CT molecular complexity index is 842. The van der Waals surface area contributed by atoms with Crippen molar-refractivity contribution in [2.45, 2.75) is 59.0 Å². The molecule has 2 aromatic rings. The quantitative estimate of drug-likeness (QED) is 0.853. The molecule has 7 heteroatoms. The van der Waals surface area contributed by atoms with Crippen LogP contribution in [0.4, 0.5) is 5.82 Å². The van der Waals surface area contributed by atoms with Gasteiger partial charge in [0.05, 0.1) is 11.9 Å². The van der Waals surface area contributed by atoms with E-state index in [1.165, 1.54) is 23.3 Å². The van der Waals surface area contributed by atoms with E-state index in [0.29, 0.717) is 6.42 Å². The average molecular weight is 388 g/mol. The number of nitrogens with zero attached hydrogens (tertiary/aromatic N) is 4. The third-order valence-electron chi connectivity index (χ3n) is 5.82. The molecule has 1 N–H and O–H groups in total. The third kappa shape index (κ3) is 3.80. The molecule has 27 heavy (non-hydrogen) atoms. The number of rotatable bonds is 5. The van der Waals surface area contributed by atoms with Gasteiger partial charge in [0.25, 0.3) is 0 Å². The van der Waals surface area contributed by atoms with Gasteiger partial charge in [-0.05, 0) is 51.8 Å². The Hall–Kier alpha value is -1.73. The van der Waals surface area contributed by atoms with Crippen molar-refractivity contribution >= 4 is 33.3 Å². The summed E-state index contributed by atoms with van der Waals surface area (Å²) in [5.74, 6) is 2.10. The van der Waals surface area contributed by atoms with Gasteiger partial charge < -0.3 is 10.2 Å². The van der Waals surface area contributed by atoms with E-state index < -0.39 is 0 Å². The maximum absolute atomic E-state index is 12.0. The van der Waals surface area contributed by atoms with Gasteiger partial charge in [-0.2, -0.15) is 0 Å². The summed E-state index contributed by atoms with van der Waals surface area (Å²) in [6.07, 6.45) is 4.09. The molecule has 2 saturated heterocycles. The molecule has 1 amide bonds. The first-order chi connectivity index (χ1) is 13.0. The lowest BCUT2D eigenvalue weighted by Crippen LogP contribution is -2.31. The van der Waals surface area contributed by atoms with E-state index in [9.17, 15) is 4.79 Å². The Morgan fingerprint density at radius 3 is 2.74 bits per heavy atom. The van der Waals surface area contributed by atoms with Crippen LogP contribution < -0.4 is 5.32 Å². The molecule has 0 aromatic carbocycles. The van der Waals surface area contributed by atoms with Crippen LogP contribution in [-0.2, 0) is 11.3 Å². The minimum atomic E-state index is 0.240. The smallest absolute Gasteiger partial charge is 0.222 e. The summed E-state index contributed by atoms with van der Waals surface area (Å²) in [6, 6.07) is 0.262. The van der Waals surface area contributed by atoms with E-state index in [0.717, 1.165) is 61.0 Å². The van der Waals surface area contributed by atoms with Gasteiger partial charge in [0.2, 0.25) is 5.91 Å². The van der Waals surface area contributed by atoms with Gasteiger partial charge in [-0.25, -0.2) is 9.97 Å². The molecule has 2 aliphatic heterocycles.